The minimum Gasteiger partial charge on any atom is -0.444 e. The Morgan fingerprint density at radius 1 is 1.27 bits per heavy atom. The van der Waals surface area contributed by atoms with Gasteiger partial charge in [-0.2, -0.15) is 0 Å². The molecule has 8 nitrogen and oxygen atoms in total. The number of carbonyl (C=O) groups is 1. The van der Waals surface area contributed by atoms with Gasteiger partial charge < -0.3 is 20.1 Å². The number of piperazine rings is 1. The molecule has 0 atom stereocenters. The van der Waals surface area contributed by atoms with E-state index < -0.39 is 12.1 Å². The number of anilines is 1. The average molecular weight is 361 g/mol. The number of alkyl carbamates (subject to hydrolysis) is 1. The molecule has 1 amide bonds. The summed E-state index contributed by atoms with van der Waals surface area (Å²) < 4.78 is 10.5. The summed E-state index contributed by atoms with van der Waals surface area (Å²) in [5.74, 6) is -0.425. The molecule has 0 aliphatic carbocycles. The normalized spacial score (nSPS) is 19.2. The topological polar surface area (TPSA) is 104 Å². The van der Waals surface area contributed by atoms with Gasteiger partial charge in [0.1, 0.15) is 6.61 Å². The Kier molecular flexibility index (Phi) is 6.30. The van der Waals surface area contributed by atoms with E-state index in [1.54, 1.807) is 0 Å². The van der Waals surface area contributed by atoms with Crippen LogP contribution in [0, 0.1) is 5.41 Å². The average Bonchev–Trinajstić information content (AvgIpc) is 2.67. The van der Waals surface area contributed by atoms with Crippen LogP contribution in [0.3, 0.4) is 0 Å². The minimum absolute atomic E-state index is 0.148. The van der Waals surface area contributed by atoms with E-state index >= 15 is 0 Å². The molecular weight excluding hydrogens is 334 g/mol. The Morgan fingerprint density at radius 2 is 2.00 bits per heavy atom. The second-order valence-electron chi connectivity index (χ2n) is 6.65. The van der Waals surface area contributed by atoms with Crippen LogP contribution in [0.4, 0.5) is 10.5 Å². The molecular formula is C18H27N5O3. The molecule has 1 aromatic carbocycles. The summed E-state index contributed by atoms with van der Waals surface area (Å²) in [7, 11) is 0. The first kappa shape index (κ1) is 18.5. The summed E-state index contributed by atoms with van der Waals surface area (Å²) in [6.07, 6.45) is 1.55. The molecule has 2 fully saturated rings. The van der Waals surface area contributed by atoms with Gasteiger partial charge in [0.15, 0.2) is 5.96 Å². The van der Waals surface area contributed by atoms with E-state index in [-0.39, 0.29) is 6.61 Å². The summed E-state index contributed by atoms with van der Waals surface area (Å²) in [4.78, 5) is 16.4. The zero-order valence-electron chi connectivity index (χ0n) is 14.9. The van der Waals surface area contributed by atoms with Crippen LogP contribution in [-0.2, 0) is 16.1 Å². The molecule has 2 saturated heterocycles. The van der Waals surface area contributed by atoms with Crippen molar-refractivity contribution in [3.63, 3.8) is 0 Å². The van der Waals surface area contributed by atoms with Crippen molar-refractivity contribution in [2.45, 2.75) is 25.5 Å². The van der Waals surface area contributed by atoms with Crippen molar-refractivity contribution < 1.29 is 14.3 Å². The van der Waals surface area contributed by atoms with Crippen molar-refractivity contribution in [3.05, 3.63) is 29.8 Å². The molecule has 4 N–H and O–H groups in total. The smallest absolute Gasteiger partial charge is 0.414 e. The van der Waals surface area contributed by atoms with Crippen molar-refractivity contribution >= 4 is 17.7 Å². The molecule has 0 spiro atoms. The van der Waals surface area contributed by atoms with Crippen LogP contribution in [-0.4, -0.2) is 62.4 Å². The first-order valence-electron chi connectivity index (χ1n) is 9.05. The first-order chi connectivity index (χ1) is 12.6. The van der Waals surface area contributed by atoms with Crippen molar-refractivity contribution in [3.8, 4) is 0 Å². The predicted octanol–water partition coefficient (Wildman–Crippen LogP) is 1.11. The second kappa shape index (κ2) is 8.86. The lowest BCUT2D eigenvalue weighted by Gasteiger charge is -2.41. The highest BCUT2D eigenvalue weighted by molar-refractivity contribution is 5.90. The van der Waals surface area contributed by atoms with Crippen LogP contribution in [0.25, 0.3) is 0 Å². The van der Waals surface area contributed by atoms with E-state index in [0.717, 1.165) is 63.5 Å². The number of amides is 1. The molecule has 2 aliphatic heterocycles. The van der Waals surface area contributed by atoms with Crippen LogP contribution in [0.2, 0.25) is 0 Å². The van der Waals surface area contributed by atoms with Crippen molar-refractivity contribution in [2.75, 3.05) is 44.3 Å². The summed E-state index contributed by atoms with van der Waals surface area (Å²) in [6.45, 7) is 6.01. The first-order valence-corrected chi connectivity index (χ1v) is 9.05. The number of hydrogen-bond acceptors (Lipinski definition) is 6. The van der Waals surface area contributed by atoms with Gasteiger partial charge >= 0.3 is 6.09 Å². The monoisotopic (exact) mass is 361 g/mol. The number of ether oxygens (including phenoxy) is 2. The summed E-state index contributed by atoms with van der Waals surface area (Å²) in [5, 5.41) is 9.12. The Bertz CT molecular complexity index is 625. The Morgan fingerprint density at radius 3 is 2.69 bits per heavy atom. The molecule has 26 heavy (non-hydrogen) atoms. The van der Waals surface area contributed by atoms with Crippen LogP contribution in [0.5, 0.6) is 0 Å². The van der Waals surface area contributed by atoms with E-state index in [4.69, 9.17) is 20.6 Å². The quantitative estimate of drug-likeness (QED) is 0.548. The molecule has 1 aromatic rings. The fraction of sp³-hybridized carbons (Fsp3) is 0.556. The lowest BCUT2D eigenvalue weighted by molar-refractivity contribution is 0.0321. The third-order valence-electron chi connectivity index (χ3n) is 4.90. The van der Waals surface area contributed by atoms with E-state index in [2.05, 4.69) is 21.2 Å². The highest BCUT2D eigenvalue weighted by atomic mass is 16.5. The summed E-state index contributed by atoms with van der Waals surface area (Å²) in [6, 6.07) is 8.68. The van der Waals surface area contributed by atoms with Crippen LogP contribution in [0.15, 0.2) is 24.3 Å². The third kappa shape index (κ3) is 5.09. The van der Waals surface area contributed by atoms with Gasteiger partial charge in [-0.3, -0.25) is 15.6 Å². The summed E-state index contributed by atoms with van der Waals surface area (Å²) >= 11 is 0. The summed E-state index contributed by atoms with van der Waals surface area (Å²) in [5.41, 5.74) is 7.16. The molecule has 2 heterocycles. The fourth-order valence-corrected chi connectivity index (χ4v) is 3.53. The standard InChI is InChI=1S/C18H27N5O3/c19-17(20)21-18(24)26-13-14-2-1-3-16(12-14)23-8-6-22(7-9-23)15-4-10-25-11-5-15/h1-3,12,15H,4-11,13H2,(H4,19,20,21,24). The van der Waals surface area contributed by atoms with E-state index in [0.29, 0.717) is 6.04 Å². The molecule has 3 rings (SSSR count). The Labute approximate surface area is 153 Å². The number of guanidine groups is 1. The number of nitrogens with zero attached hydrogens (tertiary/aromatic N) is 2. The second-order valence-corrected chi connectivity index (χ2v) is 6.65. The fourth-order valence-electron chi connectivity index (χ4n) is 3.53. The van der Waals surface area contributed by atoms with Crippen LogP contribution >= 0.6 is 0 Å². The lowest BCUT2D eigenvalue weighted by Crippen LogP contribution is -2.51. The van der Waals surface area contributed by atoms with E-state index in [9.17, 15) is 4.79 Å². The highest BCUT2D eigenvalue weighted by Crippen LogP contribution is 2.21. The molecule has 0 aromatic heterocycles. The van der Waals surface area contributed by atoms with E-state index in [1.165, 1.54) is 0 Å². The number of benzene rings is 1. The maximum Gasteiger partial charge on any atom is 0.414 e. The van der Waals surface area contributed by atoms with Gasteiger partial charge in [-0.1, -0.05) is 12.1 Å². The largest absolute Gasteiger partial charge is 0.444 e. The van der Waals surface area contributed by atoms with Gasteiger partial charge in [0.2, 0.25) is 0 Å². The molecule has 2 aliphatic rings. The number of hydrogen-bond donors (Lipinski definition) is 3. The van der Waals surface area contributed by atoms with Crippen LogP contribution < -0.4 is 16.0 Å². The number of rotatable bonds is 4. The number of nitrogens with one attached hydrogen (secondary N) is 2. The predicted molar refractivity (Wildman–Crippen MR) is 99.3 cm³/mol. The minimum atomic E-state index is -0.715. The Hall–Kier alpha value is -2.32. The van der Waals surface area contributed by atoms with Crippen LogP contribution in [0.1, 0.15) is 18.4 Å². The maximum atomic E-state index is 11.4. The molecule has 0 saturated carbocycles. The van der Waals surface area contributed by atoms with Crippen molar-refractivity contribution in [1.82, 2.24) is 10.2 Å². The zero-order valence-corrected chi connectivity index (χ0v) is 14.9. The van der Waals surface area contributed by atoms with Gasteiger partial charge in [-0.05, 0) is 30.5 Å². The number of nitrogens with two attached hydrogens (primary N) is 1. The highest BCUT2D eigenvalue weighted by Gasteiger charge is 2.25. The van der Waals surface area contributed by atoms with Gasteiger partial charge in [-0.25, -0.2) is 4.79 Å². The molecule has 0 radical (unpaired) electrons. The number of carbonyl (C=O) groups excluding carboxylic acids is 1. The molecule has 0 bridgehead atoms. The van der Waals surface area contributed by atoms with Gasteiger partial charge in [0.25, 0.3) is 0 Å². The molecule has 0 unspecified atom stereocenters. The van der Waals surface area contributed by atoms with Crippen molar-refractivity contribution in [2.24, 2.45) is 5.73 Å². The maximum absolute atomic E-state index is 11.4. The lowest BCUT2D eigenvalue weighted by atomic mass is 10.1. The molecule has 142 valence electrons. The molecule has 8 heteroatoms. The van der Waals surface area contributed by atoms with Crippen molar-refractivity contribution in [1.29, 1.82) is 5.41 Å². The zero-order chi connectivity index (χ0) is 18.4. The third-order valence-corrected chi connectivity index (χ3v) is 4.90. The van der Waals surface area contributed by atoms with E-state index in [1.807, 2.05) is 18.2 Å². The Balaban J connectivity index is 1.50. The SMILES string of the molecule is N=C(N)NC(=O)OCc1cccc(N2CCN(C3CCOCC3)CC2)c1. The van der Waals surface area contributed by atoms with Gasteiger partial charge in [0.05, 0.1) is 0 Å². The van der Waals surface area contributed by atoms with Gasteiger partial charge in [-0.15, -0.1) is 0 Å². The van der Waals surface area contributed by atoms with Gasteiger partial charge in [0, 0.05) is 51.1 Å².